The second kappa shape index (κ2) is 8.03. The van der Waals surface area contributed by atoms with E-state index in [1.54, 1.807) is 0 Å². The molecule has 7 aromatic carbocycles. The molecule has 0 aliphatic rings. The molecule has 8 rings (SSSR count). The summed E-state index contributed by atoms with van der Waals surface area (Å²) in [7, 11) is 0. The Kier molecular flexibility index (Phi) is 4.49. The topological polar surface area (TPSA) is 0 Å². The van der Waals surface area contributed by atoms with Gasteiger partial charge in [-0.3, -0.25) is 0 Å². The lowest BCUT2D eigenvalue weighted by Crippen LogP contribution is -1.92. The maximum atomic E-state index is 2.31. The molecule has 0 aliphatic carbocycles. The van der Waals surface area contributed by atoms with Crippen molar-refractivity contribution in [2.45, 2.75) is 0 Å². The smallest absolute Gasteiger partial charge is 0.0361 e. The maximum absolute atomic E-state index is 2.31. The standard InChI is InChI=1S/C36H22S/c1-2-13-24-23(11-1)12-9-19-25(24)34-26-14-3-5-16-28(26)35(29-17-6-4-15-27(29)34)31-20-10-22-33-36(31)30-18-7-8-21-32(30)37-33/h1-22H. The Labute approximate surface area is 219 Å². The zero-order valence-corrected chi connectivity index (χ0v) is 20.9. The van der Waals surface area contributed by atoms with Crippen LogP contribution < -0.4 is 0 Å². The Morgan fingerprint density at radius 3 is 1.49 bits per heavy atom. The summed E-state index contributed by atoms with van der Waals surface area (Å²) in [6, 6.07) is 48.9. The Balaban J connectivity index is 1.59. The van der Waals surface area contributed by atoms with Crippen molar-refractivity contribution in [2.24, 2.45) is 0 Å². The average Bonchev–Trinajstić information content (AvgIpc) is 3.35. The molecule has 0 saturated carbocycles. The molecule has 172 valence electrons. The SMILES string of the molecule is c1ccc2c(-c3c4ccccc4c(-c4cccc5sc6ccccc6c45)c4ccccc34)cccc2c1. The van der Waals surface area contributed by atoms with E-state index in [-0.39, 0.29) is 0 Å². The number of hydrogen-bond donors (Lipinski definition) is 0. The fraction of sp³-hybridized carbons (Fsp3) is 0. The van der Waals surface area contributed by atoms with Crippen LogP contribution in [0.25, 0.3) is 74.7 Å². The summed E-state index contributed by atoms with van der Waals surface area (Å²) in [6.45, 7) is 0. The second-order valence-corrected chi connectivity index (χ2v) is 10.7. The third-order valence-corrected chi connectivity index (χ3v) is 8.80. The van der Waals surface area contributed by atoms with Gasteiger partial charge in [0.1, 0.15) is 0 Å². The van der Waals surface area contributed by atoms with E-state index in [9.17, 15) is 0 Å². The van der Waals surface area contributed by atoms with Crippen molar-refractivity contribution >= 4 is 63.8 Å². The predicted octanol–water partition coefficient (Wildman–Crippen LogP) is 10.8. The van der Waals surface area contributed by atoms with Crippen LogP contribution in [-0.4, -0.2) is 0 Å². The molecule has 0 aliphatic heterocycles. The fourth-order valence-electron chi connectivity index (χ4n) is 6.14. The highest BCUT2D eigenvalue weighted by Crippen LogP contribution is 2.48. The molecule has 1 aromatic heterocycles. The Bertz CT molecular complexity index is 2080. The van der Waals surface area contributed by atoms with Crippen LogP contribution in [-0.2, 0) is 0 Å². The highest BCUT2D eigenvalue weighted by atomic mass is 32.1. The van der Waals surface area contributed by atoms with E-state index in [1.807, 2.05) is 11.3 Å². The highest BCUT2D eigenvalue weighted by Gasteiger charge is 2.20. The number of rotatable bonds is 2. The zero-order chi connectivity index (χ0) is 24.3. The van der Waals surface area contributed by atoms with Crippen LogP contribution in [0.5, 0.6) is 0 Å². The maximum Gasteiger partial charge on any atom is 0.0361 e. The van der Waals surface area contributed by atoms with Crippen LogP contribution in [0.15, 0.2) is 133 Å². The van der Waals surface area contributed by atoms with Crippen LogP contribution >= 0.6 is 11.3 Å². The van der Waals surface area contributed by atoms with Gasteiger partial charge in [0.15, 0.2) is 0 Å². The van der Waals surface area contributed by atoms with E-state index >= 15 is 0 Å². The molecule has 1 heteroatoms. The largest absolute Gasteiger partial charge is 0.135 e. The predicted molar refractivity (Wildman–Crippen MR) is 163 cm³/mol. The zero-order valence-electron chi connectivity index (χ0n) is 20.1. The number of fused-ring (bicyclic) bond motifs is 6. The lowest BCUT2D eigenvalue weighted by Gasteiger charge is -2.19. The summed E-state index contributed by atoms with van der Waals surface area (Å²) in [5.74, 6) is 0. The normalized spacial score (nSPS) is 11.8. The molecule has 0 fully saturated rings. The van der Waals surface area contributed by atoms with Gasteiger partial charge in [0, 0.05) is 20.2 Å². The van der Waals surface area contributed by atoms with E-state index in [0.29, 0.717) is 0 Å². The molecule has 37 heavy (non-hydrogen) atoms. The van der Waals surface area contributed by atoms with Crippen molar-refractivity contribution in [2.75, 3.05) is 0 Å². The molecule has 0 saturated heterocycles. The first-order chi connectivity index (χ1) is 18.4. The van der Waals surface area contributed by atoms with Gasteiger partial charge in [-0.15, -0.1) is 11.3 Å². The Morgan fingerprint density at radius 2 is 0.784 bits per heavy atom. The fourth-order valence-corrected chi connectivity index (χ4v) is 7.27. The van der Waals surface area contributed by atoms with Crippen molar-refractivity contribution in [1.82, 2.24) is 0 Å². The quantitative estimate of drug-likeness (QED) is 0.213. The molecular weight excluding hydrogens is 464 g/mol. The molecule has 1 heterocycles. The molecule has 0 amide bonds. The molecule has 0 spiro atoms. The van der Waals surface area contributed by atoms with E-state index < -0.39 is 0 Å². The lowest BCUT2D eigenvalue weighted by molar-refractivity contribution is 1.69. The highest BCUT2D eigenvalue weighted by molar-refractivity contribution is 7.25. The van der Waals surface area contributed by atoms with Crippen LogP contribution in [0.2, 0.25) is 0 Å². The van der Waals surface area contributed by atoms with E-state index in [4.69, 9.17) is 0 Å². The molecule has 8 aromatic rings. The molecule has 0 atom stereocenters. The van der Waals surface area contributed by atoms with Crippen LogP contribution in [0.1, 0.15) is 0 Å². The van der Waals surface area contributed by atoms with Crippen molar-refractivity contribution in [1.29, 1.82) is 0 Å². The van der Waals surface area contributed by atoms with Crippen molar-refractivity contribution in [3.8, 4) is 22.3 Å². The average molecular weight is 487 g/mol. The van der Waals surface area contributed by atoms with Crippen LogP contribution in [0.4, 0.5) is 0 Å². The minimum absolute atomic E-state index is 1.27. The van der Waals surface area contributed by atoms with Crippen molar-refractivity contribution < 1.29 is 0 Å². The van der Waals surface area contributed by atoms with Crippen LogP contribution in [0.3, 0.4) is 0 Å². The number of thiophene rings is 1. The van der Waals surface area contributed by atoms with E-state index in [2.05, 4.69) is 133 Å². The van der Waals surface area contributed by atoms with E-state index in [0.717, 1.165) is 0 Å². The van der Waals surface area contributed by atoms with Gasteiger partial charge < -0.3 is 0 Å². The summed E-state index contributed by atoms with van der Waals surface area (Å²) in [4.78, 5) is 0. The molecule has 0 unspecified atom stereocenters. The minimum Gasteiger partial charge on any atom is -0.135 e. The monoisotopic (exact) mass is 486 g/mol. The van der Waals surface area contributed by atoms with Gasteiger partial charge in [-0.1, -0.05) is 121 Å². The van der Waals surface area contributed by atoms with Gasteiger partial charge >= 0.3 is 0 Å². The first-order valence-corrected chi connectivity index (χ1v) is 13.5. The second-order valence-electron chi connectivity index (χ2n) is 9.64. The third kappa shape index (κ3) is 3.02. The summed E-state index contributed by atoms with van der Waals surface area (Å²) in [5, 5.41) is 10.4. The summed E-state index contributed by atoms with van der Waals surface area (Å²) in [5.41, 5.74) is 5.24. The van der Waals surface area contributed by atoms with Gasteiger partial charge in [0.2, 0.25) is 0 Å². The summed E-state index contributed by atoms with van der Waals surface area (Å²) < 4.78 is 2.68. The Hall–Kier alpha value is -4.46. The Morgan fingerprint density at radius 1 is 0.324 bits per heavy atom. The molecular formula is C36H22S. The number of benzene rings is 7. The molecule has 0 bridgehead atoms. The van der Waals surface area contributed by atoms with Gasteiger partial charge in [0.05, 0.1) is 0 Å². The third-order valence-electron chi connectivity index (χ3n) is 7.66. The molecule has 0 radical (unpaired) electrons. The minimum atomic E-state index is 1.27. The van der Waals surface area contributed by atoms with Gasteiger partial charge in [-0.2, -0.15) is 0 Å². The van der Waals surface area contributed by atoms with Crippen LogP contribution in [0, 0.1) is 0 Å². The van der Waals surface area contributed by atoms with E-state index in [1.165, 1.54) is 74.7 Å². The van der Waals surface area contributed by atoms with Crippen molar-refractivity contribution in [3.63, 3.8) is 0 Å². The summed E-state index contributed by atoms with van der Waals surface area (Å²) >= 11 is 1.88. The van der Waals surface area contributed by atoms with Crippen molar-refractivity contribution in [3.05, 3.63) is 133 Å². The lowest BCUT2D eigenvalue weighted by atomic mass is 9.84. The van der Waals surface area contributed by atoms with Gasteiger partial charge in [0.25, 0.3) is 0 Å². The summed E-state index contributed by atoms with van der Waals surface area (Å²) in [6.07, 6.45) is 0. The number of hydrogen-bond acceptors (Lipinski definition) is 1. The first-order valence-electron chi connectivity index (χ1n) is 12.7. The molecule has 0 nitrogen and oxygen atoms in total. The molecule has 0 N–H and O–H groups in total. The first kappa shape index (κ1) is 20.7. The van der Waals surface area contributed by atoms with Gasteiger partial charge in [-0.25, -0.2) is 0 Å². The van der Waals surface area contributed by atoms with Gasteiger partial charge in [-0.05, 0) is 66.7 Å².